The Kier molecular flexibility index (Phi) is 6.13. The highest BCUT2D eigenvalue weighted by Crippen LogP contribution is 2.27. The number of methoxy groups -OCH3 is 1. The van der Waals surface area contributed by atoms with Gasteiger partial charge in [0, 0.05) is 7.11 Å². The van der Waals surface area contributed by atoms with Crippen LogP contribution in [0.3, 0.4) is 0 Å². The van der Waals surface area contributed by atoms with Gasteiger partial charge in [0.15, 0.2) is 0 Å². The van der Waals surface area contributed by atoms with Gasteiger partial charge < -0.3 is 19.9 Å². The number of carbonyl (C=O) groups excluding carboxylic acids is 1. The Morgan fingerprint density at radius 1 is 1.46 bits per heavy atom. The molecule has 0 radical (unpaired) electrons. The monoisotopic (exact) mass is 365 g/mol. The van der Waals surface area contributed by atoms with Crippen LogP contribution in [0.1, 0.15) is 12.5 Å². The molecule has 0 spiro atoms. The fourth-order valence-electron chi connectivity index (χ4n) is 1.88. The van der Waals surface area contributed by atoms with Gasteiger partial charge in [0.05, 0.1) is 4.91 Å². The maximum Gasteiger partial charge on any atom is 0.373 e. The Balaban J connectivity index is 2.14. The molecule has 1 atom stereocenters. The zero-order valence-electron chi connectivity index (χ0n) is 12.9. The second-order valence-corrected chi connectivity index (χ2v) is 6.47. The summed E-state index contributed by atoms with van der Waals surface area (Å²) in [7, 11) is 1.26. The van der Waals surface area contributed by atoms with Gasteiger partial charge in [0.1, 0.15) is 10.1 Å². The van der Waals surface area contributed by atoms with E-state index < -0.39 is 12.3 Å². The van der Waals surface area contributed by atoms with Gasteiger partial charge in [-0.15, -0.1) is 0 Å². The number of thioether (sulfide) groups is 1. The number of nitrogens with one attached hydrogen (secondary N) is 1. The van der Waals surface area contributed by atoms with Gasteiger partial charge in [-0.2, -0.15) is 0 Å². The standard InChI is InChI=1S/C16H15NO5S2/c1-9(12-13(18)17-16(23)24-12)6-7-10-4-3-5-11(8-10)22-15(21-2)14(19)20/h3-8,15H,1-2H3,(H,19,20)(H,17,18,23). The molecule has 2 N–H and O–H groups in total. The number of thiocarbonyl (C=S) groups is 1. The molecule has 1 unspecified atom stereocenters. The highest BCUT2D eigenvalue weighted by Gasteiger charge is 2.23. The summed E-state index contributed by atoms with van der Waals surface area (Å²) in [6, 6.07) is 6.88. The first kappa shape index (κ1) is 18.2. The number of ether oxygens (including phenoxy) is 2. The van der Waals surface area contributed by atoms with Crippen LogP contribution in [-0.2, 0) is 14.3 Å². The molecule has 126 valence electrons. The van der Waals surface area contributed by atoms with Gasteiger partial charge in [-0.25, -0.2) is 4.79 Å². The van der Waals surface area contributed by atoms with Crippen LogP contribution in [0.4, 0.5) is 0 Å². The van der Waals surface area contributed by atoms with Crippen molar-refractivity contribution >= 4 is 46.3 Å². The number of rotatable bonds is 6. The van der Waals surface area contributed by atoms with E-state index >= 15 is 0 Å². The van der Waals surface area contributed by atoms with Gasteiger partial charge in [-0.1, -0.05) is 48.3 Å². The van der Waals surface area contributed by atoms with Crippen LogP contribution in [0, 0.1) is 0 Å². The van der Waals surface area contributed by atoms with Crippen LogP contribution in [0.15, 0.2) is 40.8 Å². The number of benzene rings is 1. The summed E-state index contributed by atoms with van der Waals surface area (Å²) in [6.45, 7) is 1.82. The van der Waals surface area contributed by atoms with Crippen molar-refractivity contribution in [2.45, 2.75) is 13.2 Å². The van der Waals surface area contributed by atoms with E-state index in [1.54, 1.807) is 30.4 Å². The molecule has 6 nitrogen and oxygen atoms in total. The molecular formula is C16H15NO5S2. The van der Waals surface area contributed by atoms with E-state index in [2.05, 4.69) is 5.32 Å². The van der Waals surface area contributed by atoms with Gasteiger partial charge in [-0.3, -0.25) is 4.79 Å². The van der Waals surface area contributed by atoms with Crippen molar-refractivity contribution in [1.82, 2.24) is 5.32 Å². The van der Waals surface area contributed by atoms with Crippen LogP contribution >= 0.6 is 24.0 Å². The second-order valence-electron chi connectivity index (χ2n) is 4.79. The summed E-state index contributed by atoms with van der Waals surface area (Å²) in [5.74, 6) is -1.04. The van der Waals surface area contributed by atoms with Crippen molar-refractivity contribution in [2.24, 2.45) is 0 Å². The van der Waals surface area contributed by atoms with Crippen molar-refractivity contribution < 1.29 is 24.2 Å². The molecule has 1 heterocycles. The molecule has 1 amide bonds. The largest absolute Gasteiger partial charge is 0.477 e. The highest BCUT2D eigenvalue weighted by molar-refractivity contribution is 8.26. The van der Waals surface area contributed by atoms with Gasteiger partial charge >= 0.3 is 5.97 Å². The summed E-state index contributed by atoms with van der Waals surface area (Å²) in [6.07, 6.45) is 2.22. The van der Waals surface area contributed by atoms with E-state index in [1.807, 2.05) is 13.0 Å². The number of hydrogen-bond donors (Lipinski definition) is 2. The summed E-state index contributed by atoms with van der Waals surface area (Å²) in [5.41, 5.74) is 1.57. The number of carbonyl (C=O) groups is 2. The normalized spacial score (nSPS) is 17.8. The van der Waals surface area contributed by atoms with E-state index in [9.17, 15) is 9.59 Å². The lowest BCUT2D eigenvalue weighted by Crippen LogP contribution is -2.28. The first-order chi connectivity index (χ1) is 11.4. The molecule has 0 bridgehead atoms. The smallest absolute Gasteiger partial charge is 0.373 e. The minimum absolute atomic E-state index is 0.200. The zero-order valence-corrected chi connectivity index (χ0v) is 14.6. The number of aliphatic carboxylic acids is 1. The molecule has 0 aliphatic carbocycles. The predicted molar refractivity (Wildman–Crippen MR) is 95.6 cm³/mol. The van der Waals surface area contributed by atoms with Crippen LogP contribution < -0.4 is 10.1 Å². The second kappa shape index (κ2) is 8.09. The molecule has 24 heavy (non-hydrogen) atoms. The zero-order chi connectivity index (χ0) is 17.7. The first-order valence-electron chi connectivity index (χ1n) is 6.85. The molecule has 1 saturated heterocycles. The molecule has 1 aromatic carbocycles. The predicted octanol–water partition coefficient (Wildman–Crippen LogP) is 2.56. The Labute approximate surface area is 148 Å². The van der Waals surface area contributed by atoms with E-state index in [0.29, 0.717) is 15.0 Å². The fourth-order valence-corrected chi connectivity index (χ4v) is 2.93. The Morgan fingerprint density at radius 3 is 2.79 bits per heavy atom. The summed E-state index contributed by atoms with van der Waals surface area (Å²) in [5, 5.41) is 11.5. The Hall–Kier alpha value is -2.16. The molecule has 1 aliphatic rings. The van der Waals surface area contributed by atoms with Crippen molar-refractivity contribution in [3.8, 4) is 5.75 Å². The SMILES string of the molecule is COC(Oc1cccc(C=CC(C)=C2SC(=S)NC2=O)c1)C(=O)O. The van der Waals surface area contributed by atoms with Gasteiger partial charge in [0.25, 0.3) is 12.2 Å². The highest BCUT2D eigenvalue weighted by atomic mass is 32.2. The van der Waals surface area contributed by atoms with Crippen LogP contribution in [0.25, 0.3) is 6.08 Å². The van der Waals surface area contributed by atoms with Gasteiger partial charge in [-0.05, 0) is 30.2 Å². The molecule has 1 fully saturated rings. The maximum absolute atomic E-state index is 11.7. The average molecular weight is 365 g/mol. The minimum atomic E-state index is -1.37. The quantitative estimate of drug-likeness (QED) is 0.455. The minimum Gasteiger partial charge on any atom is -0.477 e. The molecular weight excluding hydrogens is 350 g/mol. The lowest BCUT2D eigenvalue weighted by atomic mass is 10.1. The third kappa shape index (κ3) is 4.67. The number of hydrogen-bond acceptors (Lipinski definition) is 6. The average Bonchev–Trinajstić information content (AvgIpc) is 2.89. The number of carboxylic acids is 1. The van der Waals surface area contributed by atoms with Crippen molar-refractivity contribution in [2.75, 3.05) is 7.11 Å². The molecule has 8 heteroatoms. The number of amides is 1. The van der Waals surface area contributed by atoms with E-state index in [-0.39, 0.29) is 5.91 Å². The third-order valence-electron chi connectivity index (χ3n) is 3.02. The third-order valence-corrected chi connectivity index (χ3v) is 4.37. The molecule has 2 rings (SSSR count). The van der Waals surface area contributed by atoms with Crippen LogP contribution in [-0.4, -0.2) is 34.7 Å². The van der Waals surface area contributed by atoms with Crippen LogP contribution in [0.2, 0.25) is 0 Å². The van der Waals surface area contributed by atoms with Crippen molar-refractivity contribution in [3.05, 3.63) is 46.4 Å². The lowest BCUT2D eigenvalue weighted by molar-refractivity contribution is -0.166. The molecule has 1 aromatic rings. The topological polar surface area (TPSA) is 84.9 Å². The lowest BCUT2D eigenvalue weighted by Gasteiger charge is -2.13. The maximum atomic E-state index is 11.7. The number of carboxylic acid groups (broad SMARTS) is 1. The van der Waals surface area contributed by atoms with Crippen molar-refractivity contribution in [1.29, 1.82) is 0 Å². The summed E-state index contributed by atoms with van der Waals surface area (Å²) < 4.78 is 10.4. The fraction of sp³-hybridized carbons (Fsp3) is 0.188. The molecule has 1 aliphatic heterocycles. The van der Waals surface area contributed by atoms with Crippen LogP contribution in [0.5, 0.6) is 5.75 Å². The number of allylic oxidation sites excluding steroid dienone is 2. The Bertz CT molecular complexity index is 742. The first-order valence-corrected chi connectivity index (χ1v) is 8.07. The Morgan fingerprint density at radius 2 is 2.21 bits per heavy atom. The van der Waals surface area contributed by atoms with E-state index in [1.165, 1.54) is 18.9 Å². The summed E-state index contributed by atoms with van der Waals surface area (Å²) in [4.78, 5) is 23.2. The van der Waals surface area contributed by atoms with Crippen molar-refractivity contribution in [3.63, 3.8) is 0 Å². The molecule has 0 aromatic heterocycles. The van der Waals surface area contributed by atoms with E-state index in [4.69, 9.17) is 26.8 Å². The van der Waals surface area contributed by atoms with Gasteiger partial charge in [0.2, 0.25) is 0 Å². The molecule has 0 saturated carbocycles. The summed E-state index contributed by atoms with van der Waals surface area (Å²) >= 11 is 6.18. The van der Waals surface area contributed by atoms with E-state index in [0.717, 1.165) is 11.1 Å².